The monoisotopic (exact) mass is 418 g/mol. The first-order valence-corrected chi connectivity index (χ1v) is 9.97. The Morgan fingerprint density at radius 1 is 1.43 bits per heavy atom. The number of methoxy groups -OCH3 is 1. The summed E-state index contributed by atoms with van der Waals surface area (Å²) >= 11 is 7.47. The summed E-state index contributed by atoms with van der Waals surface area (Å²) in [6.45, 7) is 1.90. The number of rotatable bonds is 5. The van der Waals surface area contributed by atoms with E-state index in [0.29, 0.717) is 27.8 Å². The summed E-state index contributed by atoms with van der Waals surface area (Å²) in [5, 5.41) is 12.4. The lowest BCUT2D eigenvalue weighted by molar-refractivity contribution is -0.118. The standard InChI is InChI=1S/C20H19ClN2O4S/c1-11-3-5-13-16(7-11)28-19(18(13)20(25)26-2)23-17(24)10-27-15-6-4-12(9-22)8-14(15)21/h4,6,8,11H,3,5,7,10H2,1-2H3,(H,23,24). The number of nitrogens with zero attached hydrogens (tertiary/aromatic N) is 1. The first-order chi connectivity index (χ1) is 13.4. The highest BCUT2D eigenvalue weighted by Crippen LogP contribution is 2.40. The van der Waals surface area contributed by atoms with Crippen molar-refractivity contribution in [2.24, 2.45) is 5.92 Å². The number of nitriles is 1. The smallest absolute Gasteiger partial charge is 0.341 e. The summed E-state index contributed by atoms with van der Waals surface area (Å²) in [6.07, 6.45) is 2.68. The van der Waals surface area contributed by atoms with Gasteiger partial charge in [0.25, 0.3) is 5.91 Å². The van der Waals surface area contributed by atoms with Crippen molar-refractivity contribution >= 4 is 39.8 Å². The average Bonchev–Trinajstić information content (AvgIpc) is 3.02. The van der Waals surface area contributed by atoms with Crippen molar-refractivity contribution in [3.05, 3.63) is 44.8 Å². The number of halogens is 1. The second kappa shape index (κ2) is 8.63. The third-order valence-corrected chi connectivity index (χ3v) is 6.04. The van der Waals surface area contributed by atoms with E-state index in [-0.39, 0.29) is 11.6 Å². The van der Waals surface area contributed by atoms with Crippen LogP contribution in [-0.4, -0.2) is 25.6 Å². The number of hydrogen-bond acceptors (Lipinski definition) is 6. The van der Waals surface area contributed by atoms with E-state index in [0.717, 1.165) is 29.7 Å². The van der Waals surface area contributed by atoms with Crippen LogP contribution in [0.25, 0.3) is 0 Å². The van der Waals surface area contributed by atoms with Crippen molar-refractivity contribution < 1.29 is 19.1 Å². The molecule has 1 unspecified atom stereocenters. The van der Waals surface area contributed by atoms with Crippen LogP contribution in [0.4, 0.5) is 5.00 Å². The number of ether oxygens (including phenoxy) is 2. The van der Waals surface area contributed by atoms with E-state index in [4.69, 9.17) is 26.3 Å². The SMILES string of the molecule is COC(=O)c1c(NC(=O)COc2ccc(C#N)cc2Cl)sc2c1CCC(C)C2. The molecular weight excluding hydrogens is 400 g/mol. The number of hydrogen-bond donors (Lipinski definition) is 1. The van der Waals surface area contributed by atoms with Gasteiger partial charge >= 0.3 is 5.97 Å². The zero-order valence-corrected chi connectivity index (χ0v) is 17.1. The molecule has 0 fully saturated rings. The van der Waals surface area contributed by atoms with Gasteiger partial charge in [0.1, 0.15) is 10.8 Å². The molecule has 28 heavy (non-hydrogen) atoms. The van der Waals surface area contributed by atoms with E-state index in [2.05, 4.69) is 12.2 Å². The lowest BCUT2D eigenvalue weighted by Gasteiger charge is -2.18. The highest BCUT2D eigenvalue weighted by atomic mass is 35.5. The molecule has 1 aromatic carbocycles. The van der Waals surface area contributed by atoms with Gasteiger partial charge in [-0.2, -0.15) is 5.26 Å². The van der Waals surface area contributed by atoms with Crippen LogP contribution in [0.1, 0.15) is 39.7 Å². The molecule has 1 heterocycles. The van der Waals surface area contributed by atoms with Crippen LogP contribution in [0.3, 0.4) is 0 Å². The molecule has 0 bridgehead atoms. The quantitative estimate of drug-likeness (QED) is 0.735. The van der Waals surface area contributed by atoms with Gasteiger partial charge in [0.05, 0.1) is 29.3 Å². The molecule has 0 saturated carbocycles. The number of nitrogens with one attached hydrogen (secondary N) is 1. The number of fused-ring (bicyclic) bond motifs is 1. The summed E-state index contributed by atoms with van der Waals surface area (Å²) in [4.78, 5) is 25.8. The molecule has 3 rings (SSSR count). The first-order valence-electron chi connectivity index (χ1n) is 8.78. The Kier molecular flexibility index (Phi) is 6.22. The molecule has 1 aliphatic carbocycles. The van der Waals surface area contributed by atoms with Gasteiger partial charge in [0.15, 0.2) is 6.61 Å². The van der Waals surface area contributed by atoms with Gasteiger partial charge < -0.3 is 14.8 Å². The van der Waals surface area contributed by atoms with Crippen molar-refractivity contribution in [2.75, 3.05) is 19.0 Å². The lowest BCUT2D eigenvalue weighted by atomic mass is 9.88. The first kappa shape index (κ1) is 20.2. The zero-order chi connectivity index (χ0) is 20.3. The minimum atomic E-state index is -0.446. The maximum Gasteiger partial charge on any atom is 0.341 e. The van der Waals surface area contributed by atoms with Gasteiger partial charge in [-0.25, -0.2) is 4.79 Å². The van der Waals surface area contributed by atoms with Crippen LogP contribution in [0, 0.1) is 17.2 Å². The number of esters is 1. The number of carbonyl (C=O) groups excluding carboxylic acids is 2. The van der Waals surface area contributed by atoms with Gasteiger partial charge in [0.2, 0.25) is 0 Å². The van der Waals surface area contributed by atoms with Crippen LogP contribution in [0.5, 0.6) is 5.75 Å². The molecule has 2 aromatic rings. The van der Waals surface area contributed by atoms with Gasteiger partial charge in [0, 0.05) is 4.88 Å². The molecule has 0 aliphatic heterocycles. The highest BCUT2D eigenvalue weighted by molar-refractivity contribution is 7.17. The Labute approximate surface area is 172 Å². The third-order valence-electron chi connectivity index (χ3n) is 4.57. The molecule has 1 aromatic heterocycles. The van der Waals surface area contributed by atoms with E-state index in [1.165, 1.54) is 24.5 Å². The molecule has 0 saturated heterocycles. The molecule has 0 radical (unpaired) electrons. The van der Waals surface area contributed by atoms with E-state index in [1.807, 2.05) is 6.07 Å². The molecule has 146 valence electrons. The Morgan fingerprint density at radius 2 is 2.21 bits per heavy atom. The Bertz CT molecular complexity index is 964. The van der Waals surface area contributed by atoms with Crippen LogP contribution >= 0.6 is 22.9 Å². The average molecular weight is 419 g/mol. The second-order valence-electron chi connectivity index (χ2n) is 6.64. The fourth-order valence-electron chi connectivity index (χ4n) is 3.15. The molecule has 0 spiro atoms. The van der Waals surface area contributed by atoms with Gasteiger partial charge in [-0.3, -0.25) is 4.79 Å². The van der Waals surface area contributed by atoms with Gasteiger partial charge in [-0.15, -0.1) is 11.3 Å². The van der Waals surface area contributed by atoms with Crippen molar-refractivity contribution in [3.63, 3.8) is 0 Å². The maximum absolute atomic E-state index is 12.4. The number of thiophene rings is 1. The minimum Gasteiger partial charge on any atom is -0.482 e. The Hall–Kier alpha value is -2.56. The zero-order valence-electron chi connectivity index (χ0n) is 15.5. The minimum absolute atomic E-state index is 0.252. The second-order valence-corrected chi connectivity index (χ2v) is 8.15. The van der Waals surface area contributed by atoms with E-state index >= 15 is 0 Å². The van der Waals surface area contributed by atoms with Crippen molar-refractivity contribution in [1.29, 1.82) is 5.26 Å². The summed E-state index contributed by atoms with van der Waals surface area (Å²) in [5.74, 6) is 0.000922. The van der Waals surface area contributed by atoms with E-state index < -0.39 is 11.9 Å². The number of carbonyl (C=O) groups is 2. The fraction of sp³-hybridized carbons (Fsp3) is 0.350. The number of amides is 1. The Balaban J connectivity index is 1.73. The third kappa shape index (κ3) is 4.29. The summed E-state index contributed by atoms with van der Waals surface area (Å²) in [5.41, 5.74) is 1.82. The molecule has 1 amide bonds. The molecule has 8 heteroatoms. The lowest BCUT2D eigenvalue weighted by Crippen LogP contribution is -2.21. The molecule has 1 aliphatic rings. The predicted octanol–water partition coefficient (Wildman–Crippen LogP) is 4.20. The van der Waals surface area contributed by atoms with Crippen LogP contribution in [-0.2, 0) is 22.4 Å². The van der Waals surface area contributed by atoms with Crippen LogP contribution in [0.15, 0.2) is 18.2 Å². The summed E-state index contributed by atoms with van der Waals surface area (Å²) < 4.78 is 10.4. The van der Waals surface area contributed by atoms with E-state index in [1.54, 1.807) is 12.1 Å². The molecular formula is C20H19ClN2O4S. The van der Waals surface area contributed by atoms with Crippen molar-refractivity contribution in [2.45, 2.75) is 26.2 Å². The molecule has 6 nitrogen and oxygen atoms in total. The molecule has 1 atom stereocenters. The van der Waals surface area contributed by atoms with Crippen molar-refractivity contribution in [1.82, 2.24) is 0 Å². The van der Waals surface area contributed by atoms with Gasteiger partial charge in [-0.05, 0) is 48.9 Å². The maximum atomic E-state index is 12.4. The number of anilines is 1. The van der Waals surface area contributed by atoms with Gasteiger partial charge in [-0.1, -0.05) is 18.5 Å². The largest absolute Gasteiger partial charge is 0.482 e. The fourth-order valence-corrected chi connectivity index (χ4v) is 4.80. The molecule has 1 N–H and O–H groups in total. The normalized spacial score (nSPS) is 15.3. The van der Waals surface area contributed by atoms with E-state index in [9.17, 15) is 9.59 Å². The van der Waals surface area contributed by atoms with Crippen LogP contribution in [0.2, 0.25) is 5.02 Å². The summed E-state index contributed by atoms with van der Waals surface area (Å²) in [7, 11) is 1.33. The van der Waals surface area contributed by atoms with Crippen molar-refractivity contribution in [3.8, 4) is 11.8 Å². The topological polar surface area (TPSA) is 88.4 Å². The number of benzene rings is 1. The highest BCUT2D eigenvalue weighted by Gasteiger charge is 2.28. The van der Waals surface area contributed by atoms with Crippen LogP contribution < -0.4 is 10.1 Å². The Morgan fingerprint density at radius 3 is 2.89 bits per heavy atom. The predicted molar refractivity (Wildman–Crippen MR) is 107 cm³/mol. The summed E-state index contributed by atoms with van der Waals surface area (Å²) in [6, 6.07) is 6.55.